The molecule has 1 atom stereocenters. The fourth-order valence-corrected chi connectivity index (χ4v) is 3.70. The zero-order valence-corrected chi connectivity index (χ0v) is 11.8. The maximum atomic E-state index is 10.5. The lowest BCUT2D eigenvalue weighted by Gasteiger charge is -2.30. The van der Waals surface area contributed by atoms with Gasteiger partial charge in [-0.15, -0.1) is 0 Å². The predicted molar refractivity (Wildman–Crippen MR) is 64.7 cm³/mol. The topological polar surface area (TPSA) is 59.0 Å². The first-order valence-corrected chi connectivity index (χ1v) is 7.15. The molecule has 0 aromatic rings. The van der Waals surface area contributed by atoms with Crippen LogP contribution in [0.4, 0.5) is 0 Å². The minimum Gasteiger partial charge on any atom is -0.481 e. The molecular weight excluding hydrogens is 226 g/mol. The predicted octanol–water partition coefficient (Wildman–Crippen LogP) is 0.614. The molecule has 0 bridgehead atoms. The lowest BCUT2D eigenvalue weighted by Crippen LogP contribution is -2.47. The Morgan fingerprint density at radius 1 is 1.44 bits per heavy atom. The van der Waals surface area contributed by atoms with Crippen LogP contribution in [-0.4, -0.2) is 58.7 Å². The number of rotatable bonds is 9. The summed E-state index contributed by atoms with van der Waals surface area (Å²) in [5.41, 5.74) is 0.236. The van der Waals surface area contributed by atoms with E-state index in [4.69, 9.17) is 14.0 Å². The molecule has 0 radical (unpaired) electrons. The molecule has 0 aromatic carbocycles. The average molecular weight is 249 g/mol. The Balaban J connectivity index is 4.31. The molecule has 6 heteroatoms. The van der Waals surface area contributed by atoms with Crippen LogP contribution in [0.3, 0.4) is 0 Å². The minimum atomic E-state index is -1.71. The smallest absolute Gasteiger partial charge is 0.338 e. The van der Waals surface area contributed by atoms with Crippen LogP contribution in [0.15, 0.2) is 0 Å². The molecule has 0 aliphatic carbocycles. The maximum Gasteiger partial charge on any atom is 0.338 e. The van der Waals surface area contributed by atoms with Gasteiger partial charge in [0, 0.05) is 20.8 Å². The van der Waals surface area contributed by atoms with Crippen LogP contribution in [0.5, 0.6) is 0 Å². The maximum absolute atomic E-state index is 10.5. The van der Waals surface area contributed by atoms with Crippen LogP contribution in [-0.2, 0) is 13.6 Å². The molecule has 0 saturated carbocycles. The van der Waals surface area contributed by atoms with Gasteiger partial charge in [0.05, 0.1) is 12.1 Å². The summed E-state index contributed by atoms with van der Waals surface area (Å²) < 4.78 is 10.7. The van der Waals surface area contributed by atoms with Crippen molar-refractivity contribution >= 4 is 15.3 Å². The summed E-state index contributed by atoms with van der Waals surface area (Å²) >= 11 is 0. The highest BCUT2D eigenvalue weighted by atomic mass is 28.3. The van der Waals surface area contributed by atoms with Gasteiger partial charge in [0.1, 0.15) is 0 Å². The molecule has 0 aliphatic heterocycles. The van der Waals surface area contributed by atoms with Crippen molar-refractivity contribution in [3.8, 4) is 0 Å². The van der Waals surface area contributed by atoms with E-state index in [2.05, 4.69) is 6.92 Å². The quantitative estimate of drug-likeness (QED) is 0.607. The molecule has 0 fully saturated rings. The monoisotopic (exact) mass is 249 g/mol. The molecule has 96 valence electrons. The Morgan fingerprint density at radius 2 is 2.00 bits per heavy atom. The first-order chi connectivity index (χ1) is 7.56. The van der Waals surface area contributed by atoms with E-state index in [0.717, 1.165) is 12.8 Å². The second kappa shape index (κ2) is 8.69. The lowest BCUT2D eigenvalue weighted by molar-refractivity contribution is -0.137. The average Bonchev–Trinajstić information content (AvgIpc) is 2.26. The van der Waals surface area contributed by atoms with E-state index < -0.39 is 15.3 Å². The van der Waals surface area contributed by atoms with Gasteiger partial charge >= 0.3 is 15.3 Å². The second-order valence-electron chi connectivity index (χ2n) is 3.82. The van der Waals surface area contributed by atoms with E-state index in [1.54, 1.807) is 14.2 Å². The standard InChI is InChI=1S/C10H23NO4Si/c1-5-6-9(16(14-3)15-4)11(2)8-7-10(12)13/h9,16H,5-8H2,1-4H3,(H,12,13). The summed E-state index contributed by atoms with van der Waals surface area (Å²) in [7, 11) is 3.54. The zero-order chi connectivity index (χ0) is 12.6. The van der Waals surface area contributed by atoms with Crippen molar-refractivity contribution < 1.29 is 18.8 Å². The Kier molecular flexibility index (Phi) is 8.45. The molecule has 5 nitrogen and oxygen atoms in total. The summed E-state index contributed by atoms with van der Waals surface area (Å²) in [6.07, 6.45) is 2.18. The number of hydrogen-bond donors (Lipinski definition) is 1. The molecule has 0 spiro atoms. The van der Waals surface area contributed by atoms with Gasteiger partial charge in [0.2, 0.25) is 0 Å². The van der Waals surface area contributed by atoms with Gasteiger partial charge in [-0.3, -0.25) is 4.79 Å². The van der Waals surface area contributed by atoms with Crippen molar-refractivity contribution in [1.82, 2.24) is 4.90 Å². The number of carboxylic acids is 1. The van der Waals surface area contributed by atoms with Gasteiger partial charge in [-0.1, -0.05) is 13.3 Å². The molecule has 1 unspecified atom stereocenters. The van der Waals surface area contributed by atoms with Crippen molar-refractivity contribution in [2.24, 2.45) is 0 Å². The Hall–Kier alpha value is -0.433. The van der Waals surface area contributed by atoms with Crippen LogP contribution in [0.2, 0.25) is 0 Å². The summed E-state index contributed by atoms with van der Waals surface area (Å²) in [6.45, 7) is 2.64. The third-order valence-electron chi connectivity index (χ3n) is 2.61. The summed E-state index contributed by atoms with van der Waals surface area (Å²) in [5.74, 6) is -0.768. The fraction of sp³-hybridized carbons (Fsp3) is 0.900. The number of nitrogens with zero attached hydrogens (tertiary/aromatic N) is 1. The largest absolute Gasteiger partial charge is 0.481 e. The van der Waals surface area contributed by atoms with Crippen molar-refractivity contribution in [1.29, 1.82) is 0 Å². The Bertz CT molecular complexity index is 199. The van der Waals surface area contributed by atoms with Crippen LogP contribution in [0.1, 0.15) is 26.2 Å². The Labute approximate surface area is 99.2 Å². The van der Waals surface area contributed by atoms with Gasteiger partial charge in [-0.05, 0) is 13.5 Å². The van der Waals surface area contributed by atoms with E-state index in [1.807, 2.05) is 11.9 Å². The molecule has 0 aliphatic rings. The third kappa shape index (κ3) is 5.60. The number of carbonyl (C=O) groups is 1. The normalized spacial score (nSPS) is 13.4. The van der Waals surface area contributed by atoms with Crippen LogP contribution in [0.25, 0.3) is 0 Å². The molecule has 16 heavy (non-hydrogen) atoms. The Morgan fingerprint density at radius 3 is 2.38 bits per heavy atom. The van der Waals surface area contributed by atoms with E-state index in [1.165, 1.54) is 0 Å². The highest BCUT2D eigenvalue weighted by Crippen LogP contribution is 2.10. The molecule has 0 amide bonds. The van der Waals surface area contributed by atoms with Gasteiger partial charge in [0.15, 0.2) is 0 Å². The van der Waals surface area contributed by atoms with Gasteiger partial charge in [-0.25, -0.2) is 0 Å². The van der Waals surface area contributed by atoms with Crippen LogP contribution < -0.4 is 0 Å². The van der Waals surface area contributed by atoms with E-state index in [9.17, 15) is 4.79 Å². The summed E-state index contributed by atoms with van der Waals surface area (Å²) in [4.78, 5) is 12.6. The molecule has 0 aromatic heterocycles. The highest BCUT2D eigenvalue weighted by molar-refractivity contribution is 6.46. The first-order valence-electron chi connectivity index (χ1n) is 5.54. The second-order valence-corrected chi connectivity index (χ2v) is 6.27. The van der Waals surface area contributed by atoms with E-state index in [0.29, 0.717) is 6.54 Å². The number of aliphatic carboxylic acids is 1. The van der Waals surface area contributed by atoms with Crippen LogP contribution >= 0.6 is 0 Å². The van der Waals surface area contributed by atoms with Crippen LogP contribution in [0, 0.1) is 0 Å². The van der Waals surface area contributed by atoms with Crippen molar-refractivity contribution in [2.75, 3.05) is 27.8 Å². The van der Waals surface area contributed by atoms with Gasteiger partial charge < -0.3 is 18.9 Å². The third-order valence-corrected chi connectivity index (χ3v) is 5.01. The molecule has 0 rings (SSSR count). The molecular formula is C10H23NO4Si. The molecule has 0 heterocycles. The van der Waals surface area contributed by atoms with Crippen molar-refractivity contribution in [2.45, 2.75) is 31.9 Å². The van der Waals surface area contributed by atoms with E-state index >= 15 is 0 Å². The minimum absolute atomic E-state index is 0.158. The van der Waals surface area contributed by atoms with E-state index in [-0.39, 0.29) is 12.1 Å². The lowest BCUT2D eigenvalue weighted by atomic mass is 10.3. The summed E-state index contributed by atoms with van der Waals surface area (Å²) in [5, 5.41) is 8.65. The number of hydrogen-bond acceptors (Lipinski definition) is 4. The number of carboxylic acid groups (broad SMARTS) is 1. The van der Waals surface area contributed by atoms with Crippen molar-refractivity contribution in [3.63, 3.8) is 0 Å². The fourth-order valence-electron chi connectivity index (χ4n) is 1.71. The SMILES string of the molecule is CCCC(N(C)CCC(=O)O)[SiH](OC)OC. The summed E-state index contributed by atoms with van der Waals surface area (Å²) in [6, 6.07) is 0. The zero-order valence-electron chi connectivity index (χ0n) is 10.6. The molecule has 0 saturated heterocycles. The van der Waals surface area contributed by atoms with Crippen molar-refractivity contribution in [3.05, 3.63) is 0 Å². The molecule has 1 N–H and O–H groups in total. The van der Waals surface area contributed by atoms with Gasteiger partial charge in [-0.2, -0.15) is 0 Å². The highest BCUT2D eigenvalue weighted by Gasteiger charge is 2.27. The first kappa shape index (κ1) is 15.6. The van der Waals surface area contributed by atoms with Gasteiger partial charge in [0.25, 0.3) is 0 Å².